The highest BCUT2D eigenvalue weighted by atomic mass is 28.4. The van der Waals surface area contributed by atoms with Gasteiger partial charge >= 0.3 is 6.09 Å². The van der Waals surface area contributed by atoms with Crippen LogP contribution >= 0.6 is 0 Å². The standard InChI is InChI=1S/C35H55N3O6Si/c1-11-41-29-14-12-13-15-30(29)42-20-19-38(33(40)44-34(3,4)5)25(2)22-26-23-27-16-17-37(31(27)28(24-26)32(36)39)18-21-43-45(9,10)35(6,7)8/h12-15,23-25H,11,16-22H2,1-10H3,(H2,36,39). The lowest BCUT2D eigenvalue weighted by molar-refractivity contribution is 0.0148. The van der Waals surface area contributed by atoms with Crippen LogP contribution < -0.4 is 20.1 Å². The van der Waals surface area contributed by atoms with Crippen molar-refractivity contribution in [3.63, 3.8) is 0 Å². The van der Waals surface area contributed by atoms with Crippen LogP contribution in [0.5, 0.6) is 11.5 Å². The highest BCUT2D eigenvalue weighted by molar-refractivity contribution is 6.74. The van der Waals surface area contributed by atoms with E-state index in [2.05, 4.69) is 44.8 Å². The van der Waals surface area contributed by atoms with Crippen molar-refractivity contribution in [2.24, 2.45) is 5.73 Å². The lowest BCUT2D eigenvalue weighted by atomic mass is 9.97. The predicted molar refractivity (Wildman–Crippen MR) is 183 cm³/mol. The molecule has 0 aliphatic carbocycles. The molecule has 1 heterocycles. The van der Waals surface area contributed by atoms with Gasteiger partial charge in [-0.2, -0.15) is 0 Å². The number of rotatable bonds is 14. The Morgan fingerprint density at radius 3 is 2.24 bits per heavy atom. The van der Waals surface area contributed by atoms with Crippen molar-refractivity contribution < 1.29 is 28.2 Å². The Bertz CT molecular complexity index is 1320. The van der Waals surface area contributed by atoms with Gasteiger partial charge in [0.2, 0.25) is 0 Å². The molecular formula is C35H55N3O6Si. The highest BCUT2D eigenvalue weighted by Gasteiger charge is 2.37. The van der Waals surface area contributed by atoms with Crippen LogP contribution in [0, 0.1) is 0 Å². The summed E-state index contributed by atoms with van der Waals surface area (Å²) in [6.45, 7) is 23.9. The monoisotopic (exact) mass is 641 g/mol. The number of para-hydroxylation sites is 2. The van der Waals surface area contributed by atoms with Gasteiger partial charge in [-0.25, -0.2) is 4.79 Å². The second-order valence-corrected chi connectivity index (χ2v) is 19.1. The van der Waals surface area contributed by atoms with E-state index in [1.807, 2.05) is 65.0 Å². The molecule has 250 valence electrons. The molecular weight excluding hydrogens is 586 g/mol. The van der Waals surface area contributed by atoms with Crippen molar-refractivity contribution in [3.8, 4) is 11.5 Å². The molecule has 2 aromatic rings. The summed E-state index contributed by atoms with van der Waals surface area (Å²) in [6.07, 6.45) is 0.929. The lowest BCUT2D eigenvalue weighted by Gasteiger charge is -2.36. The molecule has 2 amide bonds. The summed E-state index contributed by atoms with van der Waals surface area (Å²) in [5.74, 6) is 0.832. The smallest absolute Gasteiger partial charge is 0.410 e. The third-order valence-electron chi connectivity index (χ3n) is 8.54. The van der Waals surface area contributed by atoms with Crippen LogP contribution in [0.2, 0.25) is 18.1 Å². The molecule has 10 heteroatoms. The number of amides is 2. The van der Waals surface area contributed by atoms with E-state index in [9.17, 15) is 9.59 Å². The first-order chi connectivity index (χ1) is 20.9. The van der Waals surface area contributed by atoms with Crippen LogP contribution in [0.1, 0.15) is 76.9 Å². The maximum absolute atomic E-state index is 13.4. The molecule has 1 unspecified atom stereocenters. The minimum atomic E-state index is -1.88. The minimum Gasteiger partial charge on any atom is -0.490 e. The number of hydrogen-bond acceptors (Lipinski definition) is 7. The van der Waals surface area contributed by atoms with E-state index in [1.165, 1.54) is 0 Å². The first-order valence-corrected chi connectivity index (χ1v) is 19.0. The summed E-state index contributed by atoms with van der Waals surface area (Å²) in [7, 11) is -1.88. The molecule has 0 spiro atoms. The molecule has 1 aliphatic heterocycles. The second-order valence-electron chi connectivity index (χ2n) is 14.3. The topological polar surface area (TPSA) is 104 Å². The molecule has 0 saturated heterocycles. The Labute approximate surface area is 271 Å². The molecule has 45 heavy (non-hydrogen) atoms. The summed E-state index contributed by atoms with van der Waals surface area (Å²) < 4.78 is 23.9. The zero-order valence-corrected chi connectivity index (χ0v) is 30.1. The lowest BCUT2D eigenvalue weighted by Crippen LogP contribution is -2.45. The van der Waals surface area contributed by atoms with Crippen molar-refractivity contribution >= 4 is 26.0 Å². The first-order valence-electron chi connectivity index (χ1n) is 16.1. The molecule has 0 fully saturated rings. The van der Waals surface area contributed by atoms with Gasteiger partial charge in [0.25, 0.3) is 5.91 Å². The number of benzene rings is 2. The highest BCUT2D eigenvalue weighted by Crippen LogP contribution is 2.37. The summed E-state index contributed by atoms with van der Waals surface area (Å²) >= 11 is 0. The number of carbonyl (C=O) groups excluding carboxylic acids is 2. The van der Waals surface area contributed by atoms with Gasteiger partial charge in [-0.05, 0) is 94.9 Å². The van der Waals surface area contributed by atoms with E-state index >= 15 is 0 Å². The summed E-state index contributed by atoms with van der Waals surface area (Å²) in [4.78, 5) is 30.0. The van der Waals surface area contributed by atoms with E-state index in [1.54, 1.807) is 4.90 Å². The van der Waals surface area contributed by atoms with Gasteiger partial charge in [0, 0.05) is 19.1 Å². The number of carbonyl (C=O) groups is 2. The normalized spacial score (nSPS) is 14.1. The largest absolute Gasteiger partial charge is 0.490 e. The quantitative estimate of drug-likeness (QED) is 0.226. The summed E-state index contributed by atoms with van der Waals surface area (Å²) in [5.41, 5.74) is 8.75. The van der Waals surface area contributed by atoms with Gasteiger partial charge in [-0.3, -0.25) is 4.79 Å². The van der Waals surface area contributed by atoms with Crippen LogP contribution in [0.15, 0.2) is 36.4 Å². The fourth-order valence-electron chi connectivity index (χ4n) is 5.21. The third kappa shape index (κ3) is 9.87. The maximum Gasteiger partial charge on any atom is 0.410 e. The van der Waals surface area contributed by atoms with E-state index in [-0.39, 0.29) is 17.7 Å². The van der Waals surface area contributed by atoms with Crippen LogP contribution in [-0.4, -0.2) is 76.3 Å². The van der Waals surface area contributed by atoms with Gasteiger partial charge in [0.05, 0.1) is 31.0 Å². The number of fused-ring (bicyclic) bond motifs is 1. The molecule has 0 aromatic heterocycles. The predicted octanol–water partition coefficient (Wildman–Crippen LogP) is 6.82. The molecule has 2 N–H and O–H groups in total. The van der Waals surface area contributed by atoms with E-state index < -0.39 is 25.9 Å². The van der Waals surface area contributed by atoms with Gasteiger partial charge in [-0.1, -0.05) is 39.0 Å². The Morgan fingerprint density at radius 2 is 1.67 bits per heavy atom. The summed E-state index contributed by atoms with van der Waals surface area (Å²) in [6, 6.07) is 11.3. The average molecular weight is 642 g/mol. The number of nitrogens with zero attached hydrogens (tertiary/aromatic N) is 2. The van der Waals surface area contributed by atoms with E-state index in [0.717, 1.165) is 29.8 Å². The van der Waals surface area contributed by atoms with Crippen LogP contribution in [0.3, 0.4) is 0 Å². The van der Waals surface area contributed by atoms with Gasteiger partial charge < -0.3 is 34.2 Å². The Kier molecular flexibility index (Phi) is 12.0. The van der Waals surface area contributed by atoms with Gasteiger partial charge in [0.15, 0.2) is 19.8 Å². The molecule has 0 radical (unpaired) electrons. The first kappa shape index (κ1) is 36.2. The van der Waals surface area contributed by atoms with Crippen LogP contribution in [0.25, 0.3) is 0 Å². The molecule has 3 rings (SSSR count). The molecule has 0 saturated carbocycles. The molecule has 1 atom stereocenters. The number of primary amides is 1. The molecule has 2 aromatic carbocycles. The van der Waals surface area contributed by atoms with Gasteiger partial charge in [-0.15, -0.1) is 0 Å². The Balaban J connectivity index is 1.77. The van der Waals surface area contributed by atoms with E-state index in [4.69, 9.17) is 24.4 Å². The zero-order chi connectivity index (χ0) is 33.6. The van der Waals surface area contributed by atoms with E-state index in [0.29, 0.717) is 49.8 Å². The van der Waals surface area contributed by atoms with Crippen molar-refractivity contribution in [1.82, 2.24) is 4.90 Å². The van der Waals surface area contributed by atoms with Crippen molar-refractivity contribution in [2.75, 3.05) is 44.4 Å². The number of ether oxygens (including phenoxy) is 3. The van der Waals surface area contributed by atoms with Crippen LogP contribution in [0.4, 0.5) is 10.5 Å². The summed E-state index contributed by atoms with van der Waals surface area (Å²) in [5, 5.41) is 0.132. The molecule has 1 aliphatic rings. The zero-order valence-electron chi connectivity index (χ0n) is 29.1. The minimum absolute atomic E-state index is 0.132. The molecule has 9 nitrogen and oxygen atoms in total. The number of anilines is 1. The second kappa shape index (κ2) is 14.9. The number of nitrogens with two attached hydrogens (primary N) is 1. The Hall–Kier alpha value is -3.24. The average Bonchev–Trinajstić information content (AvgIpc) is 3.32. The third-order valence-corrected chi connectivity index (χ3v) is 13.1. The molecule has 0 bridgehead atoms. The van der Waals surface area contributed by atoms with Gasteiger partial charge in [0.1, 0.15) is 12.2 Å². The van der Waals surface area contributed by atoms with Crippen molar-refractivity contribution in [1.29, 1.82) is 0 Å². The number of hydrogen-bond donors (Lipinski definition) is 1. The van der Waals surface area contributed by atoms with Crippen molar-refractivity contribution in [2.45, 2.75) is 98.0 Å². The SMILES string of the molecule is CCOc1ccccc1OCCN(C(=O)OC(C)(C)C)C(C)Cc1cc2c(c(C(N)=O)c1)N(CCO[Si](C)(C)C(C)(C)C)CC2. The fraction of sp³-hybridized carbons (Fsp3) is 0.600. The Morgan fingerprint density at radius 1 is 1.02 bits per heavy atom. The van der Waals surface area contributed by atoms with Crippen molar-refractivity contribution in [3.05, 3.63) is 53.1 Å². The maximum atomic E-state index is 13.4. The van der Waals surface area contributed by atoms with Crippen LogP contribution in [-0.2, 0) is 22.0 Å². The fourth-order valence-corrected chi connectivity index (χ4v) is 6.24.